The fourth-order valence-electron chi connectivity index (χ4n) is 1.48. The highest BCUT2D eigenvalue weighted by Gasteiger charge is 2.29. The van der Waals surface area contributed by atoms with E-state index in [0.717, 1.165) is 17.1 Å². The standard InChI is InChI=1S/C12H13ClO2/c1-12(2)11(13)6-8-4-5-9(14-3)7-10(8)15-12/h4-7H,1-3H3. The quantitative estimate of drug-likeness (QED) is 0.728. The molecule has 0 bridgehead atoms. The molecule has 0 saturated heterocycles. The van der Waals surface area contributed by atoms with Crippen LogP contribution in [0.3, 0.4) is 0 Å². The Bertz CT molecular complexity index is 422. The Morgan fingerprint density at radius 1 is 1.33 bits per heavy atom. The molecule has 0 atom stereocenters. The van der Waals surface area contributed by atoms with Crippen LogP contribution >= 0.6 is 11.6 Å². The number of hydrogen-bond donors (Lipinski definition) is 0. The molecule has 80 valence electrons. The van der Waals surface area contributed by atoms with Gasteiger partial charge < -0.3 is 9.47 Å². The van der Waals surface area contributed by atoms with Gasteiger partial charge in [-0.2, -0.15) is 0 Å². The zero-order chi connectivity index (χ0) is 11.1. The smallest absolute Gasteiger partial charge is 0.139 e. The summed E-state index contributed by atoms with van der Waals surface area (Å²) in [4.78, 5) is 0. The SMILES string of the molecule is COc1ccc2c(c1)OC(C)(C)C(Cl)=C2. The first kappa shape index (κ1) is 10.4. The van der Waals surface area contributed by atoms with Gasteiger partial charge in [0.1, 0.15) is 17.1 Å². The van der Waals surface area contributed by atoms with Crippen LogP contribution in [-0.4, -0.2) is 12.7 Å². The molecule has 1 aromatic rings. The lowest BCUT2D eigenvalue weighted by molar-refractivity contribution is 0.153. The van der Waals surface area contributed by atoms with Gasteiger partial charge in [-0.25, -0.2) is 0 Å². The number of fused-ring (bicyclic) bond motifs is 1. The molecule has 1 aromatic carbocycles. The van der Waals surface area contributed by atoms with Gasteiger partial charge in [0.25, 0.3) is 0 Å². The molecule has 0 amide bonds. The molecule has 1 heterocycles. The van der Waals surface area contributed by atoms with Gasteiger partial charge in [-0.15, -0.1) is 0 Å². The summed E-state index contributed by atoms with van der Waals surface area (Å²) in [5.74, 6) is 1.60. The van der Waals surface area contributed by atoms with Crippen molar-refractivity contribution in [3.05, 3.63) is 28.8 Å². The van der Waals surface area contributed by atoms with Crippen LogP contribution < -0.4 is 9.47 Å². The number of benzene rings is 1. The molecule has 0 spiro atoms. The third-order valence-corrected chi connectivity index (χ3v) is 3.01. The highest BCUT2D eigenvalue weighted by atomic mass is 35.5. The van der Waals surface area contributed by atoms with Crippen molar-refractivity contribution in [1.82, 2.24) is 0 Å². The average molecular weight is 225 g/mol. The molecular formula is C12H13ClO2. The van der Waals surface area contributed by atoms with E-state index in [1.165, 1.54) is 0 Å². The number of halogens is 1. The van der Waals surface area contributed by atoms with Crippen molar-refractivity contribution in [2.75, 3.05) is 7.11 Å². The Hall–Kier alpha value is -1.15. The van der Waals surface area contributed by atoms with Gasteiger partial charge in [0.05, 0.1) is 12.1 Å². The minimum absolute atomic E-state index is 0.457. The van der Waals surface area contributed by atoms with E-state index in [2.05, 4.69) is 0 Å². The predicted molar refractivity (Wildman–Crippen MR) is 61.5 cm³/mol. The van der Waals surface area contributed by atoms with Crippen molar-refractivity contribution in [2.45, 2.75) is 19.4 Å². The Morgan fingerprint density at radius 3 is 2.73 bits per heavy atom. The summed E-state index contributed by atoms with van der Waals surface area (Å²) in [5.41, 5.74) is 0.529. The molecule has 15 heavy (non-hydrogen) atoms. The van der Waals surface area contributed by atoms with Crippen molar-refractivity contribution >= 4 is 17.7 Å². The monoisotopic (exact) mass is 224 g/mol. The van der Waals surface area contributed by atoms with Crippen LogP contribution in [-0.2, 0) is 0 Å². The van der Waals surface area contributed by atoms with Crippen LogP contribution in [0.1, 0.15) is 19.4 Å². The molecule has 0 radical (unpaired) electrons. The van der Waals surface area contributed by atoms with E-state index in [1.54, 1.807) is 7.11 Å². The summed E-state index contributed by atoms with van der Waals surface area (Å²) in [7, 11) is 1.64. The molecule has 1 aliphatic heterocycles. The summed E-state index contributed by atoms with van der Waals surface area (Å²) in [5, 5.41) is 0.708. The van der Waals surface area contributed by atoms with Crippen molar-refractivity contribution in [2.24, 2.45) is 0 Å². The largest absolute Gasteiger partial charge is 0.497 e. The van der Waals surface area contributed by atoms with Gasteiger partial charge in [-0.1, -0.05) is 11.6 Å². The minimum Gasteiger partial charge on any atom is -0.497 e. The second-order valence-corrected chi connectivity index (χ2v) is 4.42. The summed E-state index contributed by atoms with van der Waals surface area (Å²) in [6.07, 6.45) is 1.93. The Kier molecular flexibility index (Phi) is 2.39. The van der Waals surface area contributed by atoms with Crippen molar-refractivity contribution in [1.29, 1.82) is 0 Å². The van der Waals surface area contributed by atoms with E-state index in [-0.39, 0.29) is 0 Å². The van der Waals surface area contributed by atoms with Crippen LogP contribution in [0, 0.1) is 0 Å². The summed E-state index contributed by atoms with van der Waals surface area (Å²) in [6.45, 7) is 3.88. The van der Waals surface area contributed by atoms with E-state index >= 15 is 0 Å². The second-order valence-electron chi connectivity index (χ2n) is 4.01. The molecule has 0 saturated carbocycles. The first-order chi connectivity index (χ1) is 7.03. The van der Waals surface area contributed by atoms with E-state index in [4.69, 9.17) is 21.1 Å². The number of methoxy groups -OCH3 is 1. The van der Waals surface area contributed by atoms with Gasteiger partial charge in [-0.05, 0) is 32.1 Å². The lowest BCUT2D eigenvalue weighted by atomic mass is 10.0. The van der Waals surface area contributed by atoms with Crippen LogP contribution in [0.2, 0.25) is 0 Å². The molecule has 0 fully saturated rings. The molecule has 2 nitrogen and oxygen atoms in total. The average Bonchev–Trinajstić information content (AvgIpc) is 2.18. The molecule has 0 aliphatic carbocycles. The fraction of sp³-hybridized carbons (Fsp3) is 0.333. The lowest BCUT2D eigenvalue weighted by Gasteiger charge is -2.30. The van der Waals surface area contributed by atoms with Gasteiger partial charge in [0.2, 0.25) is 0 Å². The van der Waals surface area contributed by atoms with E-state index in [1.807, 2.05) is 38.1 Å². The fourth-order valence-corrected chi connectivity index (χ4v) is 1.64. The molecule has 0 aromatic heterocycles. The maximum absolute atomic E-state index is 6.11. The normalized spacial score (nSPS) is 17.5. The van der Waals surface area contributed by atoms with Gasteiger partial charge in [0, 0.05) is 11.6 Å². The van der Waals surface area contributed by atoms with Crippen molar-refractivity contribution in [3.63, 3.8) is 0 Å². The topological polar surface area (TPSA) is 18.5 Å². The highest BCUT2D eigenvalue weighted by Crippen LogP contribution is 2.38. The third kappa shape index (κ3) is 1.82. The third-order valence-electron chi connectivity index (χ3n) is 2.44. The van der Waals surface area contributed by atoms with Crippen LogP contribution in [0.25, 0.3) is 6.08 Å². The summed E-state index contributed by atoms with van der Waals surface area (Å²) >= 11 is 6.11. The van der Waals surface area contributed by atoms with E-state index in [9.17, 15) is 0 Å². The van der Waals surface area contributed by atoms with Crippen molar-refractivity contribution in [3.8, 4) is 11.5 Å². The molecule has 0 N–H and O–H groups in total. The number of hydrogen-bond acceptors (Lipinski definition) is 2. The zero-order valence-electron chi connectivity index (χ0n) is 9.00. The lowest BCUT2D eigenvalue weighted by Crippen LogP contribution is -2.30. The maximum atomic E-state index is 6.11. The van der Waals surface area contributed by atoms with E-state index in [0.29, 0.717) is 5.03 Å². The Labute approximate surface area is 94.5 Å². The van der Waals surface area contributed by atoms with Crippen molar-refractivity contribution < 1.29 is 9.47 Å². The predicted octanol–water partition coefficient (Wildman–Crippen LogP) is 3.45. The number of rotatable bonds is 1. The Morgan fingerprint density at radius 2 is 2.07 bits per heavy atom. The maximum Gasteiger partial charge on any atom is 0.139 e. The highest BCUT2D eigenvalue weighted by molar-refractivity contribution is 6.32. The van der Waals surface area contributed by atoms with E-state index < -0.39 is 5.60 Å². The van der Waals surface area contributed by atoms with Gasteiger partial charge in [-0.3, -0.25) is 0 Å². The van der Waals surface area contributed by atoms with Crippen LogP contribution in [0.4, 0.5) is 0 Å². The Balaban J connectivity index is 2.48. The molecular weight excluding hydrogens is 212 g/mol. The molecule has 2 rings (SSSR count). The molecule has 0 unspecified atom stereocenters. The summed E-state index contributed by atoms with van der Waals surface area (Å²) < 4.78 is 10.9. The van der Waals surface area contributed by atoms with Crippen LogP contribution in [0.5, 0.6) is 11.5 Å². The minimum atomic E-state index is -0.457. The number of ether oxygens (including phenoxy) is 2. The molecule has 1 aliphatic rings. The van der Waals surface area contributed by atoms with Gasteiger partial charge >= 0.3 is 0 Å². The second kappa shape index (κ2) is 3.46. The zero-order valence-corrected chi connectivity index (χ0v) is 9.76. The van der Waals surface area contributed by atoms with Gasteiger partial charge in [0.15, 0.2) is 0 Å². The first-order valence-corrected chi connectivity index (χ1v) is 5.15. The first-order valence-electron chi connectivity index (χ1n) is 4.77. The van der Waals surface area contributed by atoms with Crippen LogP contribution in [0.15, 0.2) is 23.2 Å². The summed E-state index contributed by atoms with van der Waals surface area (Å²) in [6, 6.07) is 5.70. The molecule has 3 heteroatoms.